The lowest BCUT2D eigenvalue weighted by Crippen LogP contribution is -2.43. The summed E-state index contributed by atoms with van der Waals surface area (Å²) in [5.41, 5.74) is 0.376. The van der Waals surface area contributed by atoms with Crippen molar-refractivity contribution in [3.63, 3.8) is 0 Å². The third kappa shape index (κ3) is 5.02. The Labute approximate surface area is 145 Å². The largest absolute Gasteiger partial charge is 0.481 e. The van der Waals surface area contributed by atoms with Gasteiger partial charge in [-0.05, 0) is 26.2 Å². The molecular formula is C16H23N3O4S. The van der Waals surface area contributed by atoms with Crippen LogP contribution in [-0.2, 0) is 20.9 Å². The number of carboxylic acid groups (broad SMARTS) is 1. The van der Waals surface area contributed by atoms with Crippen molar-refractivity contribution < 1.29 is 19.5 Å². The Kier molecular flexibility index (Phi) is 5.93. The first-order chi connectivity index (χ1) is 11.3. The molecule has 0 radical (unpaired) electrons. The van der Waals surface area contributed by atoms with E-state index in [9.17, 15) is 14.4 Å². The van der Waals surface area contributed by atoms with E-state index >= 15 is 0 Å². The fourth-order valence-corrected chi connectivity index (χ4v) is 3.75. The third-order valence-electron chi connectivity index (χ3n) is 4.33. The lowest BCUT2D eigenvalue weighted by atomic mass is 9.86. The van der Waals surface area contributed by atoms with E-state index in [1.807, 2.05) is 12.3 Å². The Hall–Kier alpha value is -1.96. The van der Waals surface area contributed by atoms with Crippen molar-refractivity contribution in [2.45, 2.75) is 57.5 Å². The van der Waals surface area contributed by atoms with Crippen LogP contribution in [0.5, 0.6) is 0 Å². The minimum absolute atomic E-state index is 0.0112. The Morgan fingerprint density at radius 1 is 1.42 bits per heavy atom. The van der Waals surface area contributed by atoms with Gasteiger partial charge >= 0.3 is 5.97 Å². The SMILES string of the molecule is Cc1csc(CN(C)C(=O)CCC2(CCC(=O)O)CCC(=O)N2)n1. The highest BCUT2D eigenvalue weighted by atomic mass is 32.1. The first kappa shape index (κ1) is 18.4. The molecule has 2 N–H and O–H groups in total. The van der Waals surface area contributed by atoms with E-state index in [1.54, 1.807) is 11.9 Å². The number of carboxylic acids is 1. The van der Waals surface area contributed by atoms with Gasteiger partial charge in [-0.25, -0.2) is 4.98 Å². The molecule has 7 nitrogen and oxygen atoms in total. The van der Waals surface area contributed by atoms with Gasteiger partial charge in [0.2, 0.25) is 11.8 Å². The Bertz CT molecular complexity index is 631. The first-order valence-electron chi connectivity index (χ1n) is 7.97. The highest BCUT2D eigenvalue weighted by molar-refractivity contribution is 7.09. The monoisotopic (exact) mass is 353 g/mol. The number of thiazole rings is 1. The molecule has 8 heteroatoms. The smallest absolute Gasteiger partial charge is 0.303 e. The van der Waals surface area contributed by atoms with Crippen LogP contribution in [0.3, 0.4) is 0 Å². The molecule has 0 aliphatic carbocycles. The van der Waals surface area contributed by atoms with Crippen LogP contribution in [0.4, 0.5) is 0 Å². The van der Waals surface area contributed by atoms with Crippen molar-refractivity contribution in [2.24, 2.45) is 0 Å². The summed E-state index contributed by atoms with van der Waals surface area (Å²) in [6.45, 7) is 2.38. The van der Waals surface area contributed by atoms with E-state index in [0.717, 1.165) is 10.7 Å². The van der Waals surface area contributed by atoms with Crippen LogP contribution in [0.1, 0.15) is 49.2 Å². The Balaban J connectivity index is 1.89. The van der Waals surface area contributed by atoms with Gasteiger partial charge in [0.05, 0.1) is 6.54 Å². The van der Waals surface area contributed by atoms with Crippen LogP contribution in [0.2, 0.25) is 0 Å². The van der Waals surface area contributed by atoms with Gasteiger partial charge in [0.25, 0.3) is 0 Å². The molecule has 132 valence electrons. The second-order valence-electron chi connectivity index (χ2n) is 6.35. The number of aromatic nitrogens is 1. The Morgan fingerprint density at radius 3 is 2.67 bits per heavy atom. The molecule has 1 aliphatic rings. The zero-order valence-corrected chi connectivity index (χ0v) is 14.8. The first-order valence-corrected chi connectivity index (χ1v) is 8.85. The summed E-state index contributed by atoms with van der Waals surface area (Å²) in [5, 5.41) is 14.6. The molecule has 2 amide bonds. The molecule has 24 heavy (non-hydrogen) atoms. The van der Waals surface area contributed by atoms with E-state index in [1.165, 1.54) is 11.3 Å². The van der Waals surface area contributed by atoms with Gasteiger partial charge in [-0.3, -0.25) is 14.4 Å². The molecule has 1 atom stereocenters. The molecule has 1 aromatic heterocycles. The summed E-state index contributed by atoms with van der Waals surface area (Å²) in [5.74, 6) is -0.990. The molecule has 2 rings (SSSR count). The predicted octanol–water partition coefficient (Wildman–Crippen LogP) is 1.70. The minimum Gasteiger partial charge on any atom is -0.481 e. The lowest BCUT2D eigenvalue weighted by Gasteiger charge is -2.29. The molecule has 0 spiro atoms. The topological polar surface area (TPSA) is 99.6 Å². The van der Waals surface area contributed by atoms with Crippen LogP contribution in [0.15, 0.2) is 5.38 Å². The summed E-state index contributed by atoms with van der Waals surface area (Å²) in [6, 6.07) is 0. The van der Waals surface area contributed by atoms with Gasteiger partial charge in [0.1, 0.15) is 5.01 Å². The van der Waals surface area contributed by atoms with Crippen molar-refractivity contribution in [1.29, 1.82) is 0 Å². The lowest BCUT2D eigenvalue weighted by molar-refractivity contribution is -0.137. The quantitative estimate of drug-likeness (QED) is 0.741. The van der Waals surface area contributed by atoms with Crippen LogP contribution < -0.4 is 5.32 Å². The second-order valence-corrected chi connectivity index (χ2v) is 7.30. The number of amides is 2. The molecule has 1 unspecified atom stereocenters. The molecule has 0 saturated carbocycles. The van der Waals surface area contributed by atoms with E-state index in [-0.39, 0.29) is 24.7 Å². The number of nitrogens with zero attached hydrogens (tertiary/aromatic N) is 2. The van der Waals surface area contributed by atoms with Gasteiger partial charge in [0.15, 0.2) is 0 Å². The van der Waals surface area contributed by atoms with E-state index in [4.69, 9.17) is 5.11 Å². The molecule has 0 bridgehead atoms. The van der Waals surface area contributed by atoms with Crippen LogP contribution in [0, 0.1) is 6.92 Å². The molecule has 1 fully saturated rings. The van der Waals surface area contributed by atoms with Crippen LogP contribution in [0.25, 0.3) is 0 Å². The molecule has 1 saturated heterocycles. The number of carbonyl (C=O) groups excluding carboxylic acids is 2. The zero-order valence-electron chi connectivity index (χ0n) is 14.0. The minimum atomic E-state index is -0.891. The highest BCUT2D eigenvalue weighted by Gasteiger charge is 2.38. The number of aryl methyl sites for hydroxylation is 1. The van der Waals surface area contributed by atoms with E-state index < -0.39 is 11.5 Å². The fourth-order valence-electron chi connectivity index (χ4n) is 2.92. The number of rotatable bonds is 8. The highest BCUT2D eigenvalue weighted by Crippen LogP contribution is 2.30. The van der Waals surface area contributed by atoms with Crippen molar-refractivity contribution >= 4 is 29.1 Å². The number of aliphatic carboxylic acids is 1. The van der Waals surface area contributed by atoms with Gasteiger partial charge < -0.3 is 15.3 Å². The number of nitrogens with one attached hydrogen (secondary N) is 1. The third-order valence-corrected chi connectivity index (χ3v) is 5.29. The second kappa shape index (κ2) is 7.74. The van der Waals surface area contributed by atoms with Gasteiger partial charge in [-0.1, -0.05) is 0 Å². The normalized spacial score (nSPS) is 20.0. The van der Waals surface area contributed by atoms with Gasteiger partial charge in [-0.2, -0.15) is 0 Å². The van der Waals surface area contributed by atoms with E-state index in [0.29, 0.717) is 32.2 Å². The maximum absolute atomic E-state index is 12.3. The molecule has 1 aliphatic heterocycles. The maximum atomic E-state index is 12.3. The average molecular weight is 353 g/mol. The summed E-state index contributed by atoms with van der Waals surface area (Å²) >= 11 is 1.52. The van der Waals surface area contributed by atoms with Crippen LogP contribution in [-0.4, -0.2) is 45.4 Å². The predicted molar refractivity (Wildman–Crippen MR) is 89.5 cm³/mol. The molecule has 0 aromatic carbocycles. The number of hydrogen-bond acceptors (Lipinski definition) is 5. The van der Waals surface area contributed by atoms with Crippen LogP contribution >= 0.6 is 11.3 Å². The van der Waals surface area contributed by atoms with Crippen molar-refractivity contribution in [3.8, 4) is 0 Å². The summed E-state index contributed by atoms with van der Waals surface area (Å²) in [4.78, 5) is 40.7. The molecule has 1 aromatic rings. The average Bonchev–Trinajstić information content (AvgIpc) is 3.09. The van der Waals surface area contributed by atoms with Crippen molar-refractivity contribution in [3.05, 3.63) is 16.1 Å². The standard InChI is InChI=1S/C16H23N3O4S/c1-11-10-24-13(17-11)9-19(2)14(21)4-7-16(8-5-15(22)23)6-3-12(20)18-16/h10H,3-9H2,1-2H3,(H,18,20)(H,22,23). The van der Waals surface area contributed by atoms with Gasteiger partial charge in [-0.15, -0.1) is 11.3 Å². The summed E-state index contributed by atoms with van der Waals surface area (Å²) < 4.78 is 0. The van der Waals surface area contributed by atoms with Crippen molar-refractivity contribution in [2.75, 3.05) is 7.05 Å². The number of hydrogen-bond donors (Lipinski definition) is 2. The summed E-state index contributed by atoms with van der Waals surface area (Å²) in [6.07, 6.45) is 2.07. The number of carbonyl (C=O) groups is 3. The van der Waals surface area contributed by atoms with Gasteiger partial charge in [0, 0.05) is 42.9 Å². The van der Waals surface area contributed by atoms with Crippen molar-refractivity contribution in [1.82, 2.24) is 15.2 Å². The zero-order chi connectivity index (χ0) is 17.7. The maximum Gasteiger partial charge on any atom is 0.303 e. The molecule has 2 heterocycles. The Morgan fingerprint density at radius 2 is 2.12 bits per heavy atom. The fraction of sp³-hybridized carbons (Fsp3) is 0.625. The molecular weight excluding hydrogens is 330 g/mol. The summed E-state index contributed by atoms with van der Waals surface area (Å²) in [7, 11) is 1.73. The van der Waals surface area contributed by atoms with E-state index in [2.05, 4.69) is 10.3 Å².